The van der Waals surface area contributed by atoms with Crippen molar-refractivity contribution in [3.63, 3.8) is 0 Å². The molecule has 0 unspecified atom stereocenters. The molecule has 4 aromatic rings. The van der Waals surface area contributed by atoms with Gasteiger partial charge in [-0.1, -0.05) is 54.6 Å². The Labute approximate surface area is 166 Å². The van der Waals surface area contributed by atoms with Gasteiger partial charge in [0, 0.05) is 5.57 Å². The van der Waals surface area contributed by atoms with E-state index in [0.717, 1.165) is 27.7 Å². The van der Waals surface area contributed by atoms with Crippen LogP contribution in [0, 0.1) is 5.82 Å². The third-order valence-corrected chi connectivity index (χ3v) is 4.98. The molecule has 1 atom stereocenters. The summed E-state index contributed by atoms with van der Waals surface area (Å²) in [7, 11) is 0. The van der Waals surface area contributed by atoms with Crippen LogP contribution >= 0.6 is 0 Å². The number of hydrogen-bond donors (Lipinski definition) is 3. The smallest absolute Gasteiger partial charge is 0.320 e. The normalized spacial score (nSPS) is 16.6. The van der Waals surface area contributed by atoms with Crippen LogP contribution < -0.4 is 10.6 Å². The van der Waals surface area contributed by atoms with Crippen molar-refractivity contribution in [1.82, 2.24) is 20.6 Å². The van der Waals surface area contributed by atoms with Crippen LogP contribution in [-0.4, -0.2) is 16.0 Å². The zero-order valence-corrected chi connectivity index (χ0v) is 15.3. The van der Waals surface area contributed by atoms with E-state index in [1.165, 1.54) is 12.1 Å². The van der Waals surface area contributed by atoms with Gasteiger partial charge in [-0.05, 0) is 35.4 Å². The number of aromatic amines is 1. The first-order valence-electron chi connectivity index (χ1n) is 9.27. The van der Waals surface area contributed by atoms with E-state index >= 15 is 0 Å². The van der Waals surface area contributed by atoms with Crippen molar-refractivity contribution in [2.45, 2.75) is 6.04 Å². The van der Waals surface area contributed by atoms with E-state index in [1.807, 2.05) is 54.6 Å². The molecule has 3 N–H and O–H groups in total. The van der Waals surface area contributed by atoms with Crippen LogP contribution in [0.25, 0.3) is 22.3 Å². The lowest BCUT2D eigenvalue weighted by Crippen LogP contribution is -2.43. The molecule has 0 spiro atoms. The maximum absolute atomic E-state index is 13.5. The number of nitrogens with one attached hydrogen (secondary N) is 3. The highest BCUT2D eigenvalue weighted by molar-refractivity contribution is 6.02. The van der Waals surface area contributed by atoms with Crippen molar-refractivity contribution < 1.29 is 9.18 Å². The molecule has 3 aromatic carbocycles. The van der Waals surface area contributed by atoms with E-state index in [2.05, 4.69) is 15.6 Å². The van der Waals surface area contributed by atoms with E-state index in [1.54, 1.807) is 12.1 Å². The average Bonchev–Trinajstić information content (AvgIpc) is 3.18. The lowest BCUT2D eigenvalue weighted by molar-refractivity contribution is 0.242. The van der Waals surface area contributed by atoms with Crippen LogP contribution in [0.4, 0.5) is 9.18 Å². The maximum Gasteiger partial charge on any atom is 0.320 e. The van der Waals surface area contributed by atoms with Crippen LogP contribution in [0.1, 0.15) is 23.0 Å². The highest BCUT2D eigenvalue weighted by Gasteiger charge is 2.31. The zero-order valence-electron chi connectivity index (χ0n) is 15.3. The van der Waals surface area contributed by atoms with Gasteiger partial charge in [0.05, 0.1) is 22.8 Å². The molecule has 1 aromatic heterocycles. The Morgan fingerprint density at radius 2 is 1.59 bits per heavy atom. The Hall–Kier alpha value is -3.93. The zero-order chi connectivity index (χ0) is 19.8. The fraction of sp³-hybridized carbons (Fsp3) is 0.0435. The maximum atomic E-state index is 13.5. The van der Waals surface area contributed by atoms with Crippen molar-refractivity contribution in [2.24, 2.45) is 0 Å². The van der Waals surface area contributed by atoms with Crippen molar-refractivity contribution in [1.29, 1.82) is 0 Å². The number of fused-ring (bicyclic) bond motifs is 1. The van der Waals surface area contributed by atoms with Gasteiger partial charge in [-0.3, -0.25) is 0 Å². The van der Waals surface area contributed by atoms with Crippen LogP contribution in [0.2, 0.25) is 0 Å². The summed E-state index contributed by atoms with van der Waals surface area (Å²) in [5.74, 6) is 0.318. The number of amides is 2. The van der Waals surface area contributed by atoms with Gasteiger partial charge in [0.15, 0.2) is 0 Å². The molecule has 0 fully saturated rings. The summed E-state index contributed by atoms with van der Waals surface area (Å²) in [6.45, 7) is 0. The number of halogens is 1. The molecule has 2 heterocycles. The highest BCUT2D eigenvalue weighted by Crippen LogP contribution is 2.37. The molecule has 0 radical (unpaired) electrons. The van der Waals surface area contributed by atoms with Gasteiger partial charge in [0.1, 0.15) is 11.6 Å². The topological polar surface area (TPSA) is 69.8 Å². The van der Waals surface area contributed by atoms with Crippen molar-refractivity contribution in [3.05, 3.63) is 102 Å². The Morgan fingerprint density at radius 3 is 2.34 bits per heavy atom. The molecule has 142 valence electrons. The number of hydrogen-bond acceptors (Lipinski definition) is 2. The quantitative estimate of drug-likeness (QED) is 0.482. The average molecular weight is 384 g/mol. The number of carbonyl (C=O) groups excluding carboxylic acids is 1. The molecule has 0 bridgehead atoms. The van der Waals surface area contributed by atoms with E-state index < -0.39 is 6.04 Å². The molecular weight excluding hydrogens is 367 g/mol. The van der Waals surface area contributed by atoms with E-state index in [0.29, 0.717) is 11.5 Å². The molecule has 0 saturated carbocycles. The van der Waals surface area contributed by atoms with Gasteiger partial charge < -0.3 is 15.6 Å². The van der Waals surface area contributed by atoms with Gasteiger partial charge in [0.2, 0.25) is 0 Å². The van der Waals surface area contributed by atoms with Crippen LogP contribution in [0.5, 0.6) is 0 Å². The third-order valence-electron chi connectivity index (χ3n) is 4.98. The van der Waals surface area contributed by atoms with Crippen molar-refractivity contribution in [2.75, 3.05) is 0 Å². The van der Waals surface area contributed by atoms with Gasteiger partial charge in [-0.2, -0.15) is 0 Å². The number of urea groups is 1. The number of para-hydroxylation sites is 2. The summed E-state index contributed by atoms with van der Waals surface area (Å²) in [5, 5.41) is 5.89. The summed E-state index contributed by atoms with van der Waals surface area (Å²) in [5.41, 5.74) is 4.82. The summed E-state index contributed by atoms with van der Waals surface area (Å²) in [6.07, 6.45) is 0. The molecular formula is C23H17FN4O. The van der Waals surface area contributed by atoms with Crippen LogP contribution in [0.15, 0.2) is 78.9 Å². The highest BCUT2D eigenvalue weighted by atomic mass is 19.1. The first kappa shape index (κ1) is 17.2. The Bertz CT molecular complexity index is 1200. The second-order valence-electron chi connectivity index (χ2n) is 6.84. The minimum atomic E-state index is -0.486. The fourth-order valence-corrected chi connectivity index (χ4v) is 3.64. The van der Waals surface area contributed by atoms with Crippen molar-refractivity contribution >= 4 is 28.3 Å². The number of H-pyrrole nitrogens is 1. The first-order valence-corrected chi connectivity index (χ1v) is 9.27. The minimum Gasteiger partial charge on any atom is -0.338 e. The summed E-state index contributed by atoms with van der Waals surface area (Å²) >= 11 is 0. The Balaban J connectivity index is 1.76. The Morgan fingerprint density at radius 1 is 0.862 bits per heavy atom. The lowest BCUT2D eigenvalue weighted by atomic mass is 9.92. The molecule has 0 saturated heterocycles. The lowest BCUT2D eigenvalue weighted by Gasteiger charge is -2.30. The summed E-state index contributed by atoms with van der Waals surface area (Å²) < 4.78 is 13.5. The third kappa shape index (κ3) is 3.14. The number of carbonyl (C=O) groups is 1. The van der Waals surface area contributed by atoms with Crippen LogP contribution in [0.3, 0.4) is 0 Å². The first-order chi connectivity index (χ1) is 14.2. The summed E-state index contributed by atoms with van der Waals surface area (Å²) in [4.78, 5) is 20.6. The van der Waals surface area contributed by atoms with Crippen molar-refractivity contribution in [3.8, 4) is 0 Å². The fourth-order valence-electron chi connectivity index (χ4n) is 3.64. The second-order valence-corrected chi connectivity index (χ2v) is 6.84. The molecule has 29 heavy (non-hydrogen) atoms. The standard InChI is InChI=1S/C23H17FN4O/c24-16-12-10-15(11-13-16)21-19(22-25-17-8-4-5-9-18(17)26-22)20(27-23(29)28-21)14-6-2-1-3-7-14/h1-13,21H,(H,25,26)(H2,27,28,29)/t21-/m0/s1. The van der Waals surface area contributed by atoms with E-state index in [-0.39, 0.29) is 11.8 Å². The summed E-state index contributed by atoms with van der Waals surface area (Å²) in [6, 6.07) is 22.7. The predicted octanol–water partition coefficient (Wildman–Crippen LogP) is 4.62. The number of rotatable bonds is 3. The molecule has 1 aliphatic heterocycles. The molecule has 2 amide bonds. The van der Waals surface area contributed by atoms with Gasteiger partial charge in [-0.25, -0.2) is 14.2 Å². The van der Waals surface area contributed by atoms with E-state index in [9.17, 15) is 9.18 Å². The SMILES string of the molecule is O=C1NC(c2ccccc2)=C(c2nc3ccccc3[nH]2)[C@H](c2ccc(F)cc2)N1. The van der Waals surface area contributed by atoms with Gasteiger partial charge in [0.25, 0.3) is 0 Å². The van der Waals surface area contributed by atoms with E-state index in [4.69, 9.17) is 4.98 Å². The molecule has 5 nitrogen and oxygen atoms in total. The van der Waals surface area contributed by atoms with Crippen LogP contribution in [-0.2, 0) is 0 Å². The molecule has 1 aliphatic rings. The number of nitrogens with zero attached hydrogens (tertiary/aromatic N) is 1. The predicted molar refractivity (Wildman–Crippen MR) is 110 cm³/mol. The molecule has 6 heteroatoms. The second kappa shape index (κ2) is 6.91. The Kier molecular flexibility index (Phi) is 4.09. The monoisotopic (exact) mass is 384 g/mol. The van der Waals surface area contributed by atoms with Gasteiger partial charge >= 0.3 is 6.03 Å². The molecule has 0 aliphatic carbocycles. The number of benzene rings is 3. The largest absolute Gasteiger partial charge is 0.338 e. The molecule has 5 rings (SSSR count). The van der Waals surface area contributed by atoms with Gasteiger partial charge in [-0.15, -0.1) is 0 Å². The number of aromatic nitrogens is 2. The number of imidazole rings is 1. The minimum absolute atomic E-state index is 0.321.